The number of hydrogen-bond donors (Lipinski definition) is 1. The fraction of sp³-hybridized carbons (Fsp3) is 1.00. The van der Waals surface area contributed by atoms with Crippen molar-refractivity contribution in [2.24, 2.45) is 5.92 Å². The highest BCUT2D eigenvalue weighted by Gasteiger charge is 2.29. The molecule has 0 aromatic heterocycles. The second-order valence-electron chi connectivity index (χ2n) is 4.77. The third-order valence-corrected chi connectivity index (χ3v) is 3.35. The van der Waals surface area contributed by atoms with Gasteiger partial charge in [0.05, 0.1) is 19.8 Å². The van der Waals surface area contributed by atoms with Gasteiger partial charge in [-0.15, -0.1) is 0 Å². The molecule has 0 saturated carbocycles. The maximum absolute atomic E-state index is 5.53. The summed E-state index contributed by atoms with van der Waals surface area (Å²) in [6.45, 7) is 9.09. The van der Waals surface area contributed by atoms with E-state index in [1.807, 2.05) is 7.05 Å². The molecule has 16 heavy (non-hydrogen) atoms. The third-order valence-electron chi connectivity index (χ3n) is 3.35. The minimum Gasteiger partial charge on any atom is -0.383 e. The summed E-state index contributed by atoms with van der Waals surface area (Å²) in [5.74, 6) is 0.601. The molecule has 1 aliphatic rings. The molecule has 0 aromatic rings. The monoisotopic (exact) mass is 230 g/mol. The molecule has 0 amide bonds. The predicted octanol–water partition coefficient (Wildman–Crippen LogP) is 0.578. The van der Waals surface area contributed by atoms with Crippen molar-refractivity contribution in [1.29, 1.82) is 0 Å². The van der Waals surface area contributed by atoms with Crippen LogP contribution in [-0.4, -0.2) is 64.1 Å². The van der Waals surface area contributed by atoms with Crippen molar-refractivity contribution in [2.45, 2.75) is 25.9 Å². The first-order chi connectivity index (χ1) is 7.69. The molecule has 1 saturated heterocycles. The van der Waals surface area contributed by atoms with Crippen LogP contribution < -0.4 is 5.32 Å². The van der Waals surface area contributed by atoms with Gasteiger partial charge in [-0.25, -0.2) is 0 Å². The first-order valence-electron chi connectivity index (χ1n) is 6.17. The Kier molecular flexibility index (Phi) is 6.28. The van der Waals surface area contributed by atoms with Crippen molar-refractivity contribution in [3.63, 3.8) is 0 Å². The molecule has 1 heterocycles. The Labute approximate surface area is 99.3 Å². The Balaban J connectivity index is 2.40. The van der Waals surface area contributed by atoms with Crippen molar-refractivity contribution in [3.8, 4) is 0 Å². The molecule has 96 valence electrons. The van der Waals surface area contributed by atoms with Crippen LogP contribution in [0.1, 0.15) is 13.8 Å². The topological polar surface area (TPSA) is 33.7 Å². The molecule has 1 rings (SSSR count). The van der Waals surface area contributed by atoms with Gasteiger partial charge in [-0.1, -0.05) is 0 Å². The number of methoxy groups -OCH3 is 1. The number of hydrogen-bond acceptors (Lipinski definition) is 4. The van der Waals surface area contributed by atoms with Crippen LogP contribution in [0.15, 0.2) is 0 Å². The largest absolute Gasteiger partial charge is 0.383 e. The number of rotatable bonds is 7. The van der Waals surface area contributed by atoms with Crippen molar-refractivity contribution < 1.29 is 9.47 Å². The average molecular weight is 230 g/mol. The zero-order valence-corrected chi connectivity index (χ0v) is 11.0. The van der Waals surface area contributed by atoms with Crippen molar-refractivity contribution in [1.82, 2.24) is 10.2 Å². The van der Waals surface area contributed by atoms with Gasteiger partial charge in [0.15, 0.2) is 0 Å². The molecule has 1 fully saturated rings. The van der Waals surface area contributed by atoms with Crippen LogP contribution in [0.5, 0.6) is 0 Å². The fourth-order valence-electron chi connectivity index (χ4n) is 2.17. The van der Waals surface area contributed by atoms with Gasteiger partial charge in [0, 0.05) is 38.2 Å². The Morgan fingerprint density at radius 1 is 1.44 bits per heavy atom. The van der Waals surface area contributed by atoms with E-state index in [0.29, 0.717) is 18.0 Å². The van der Waals surface area contributed by atoms with Crippen LogP contribution in [0.4, 0.5) is 0 Å². The molecule has 0 spiro atoms. The Hall–Kier alpha value is -0.160. The van der Waals surface area contributed by atoms with E-state index in [0.717, 1.165) is 32.9 Å². The van der Waals surface area contributed by atoms with Crippen LogP contribution in [0, 0.1) is 5.92 Å². The lowest BCUT2D eigenvalue weighted by molar-refractivity contribution is 0.108. The molecule has 2 unspecified atom stereocenters. The summed E-state index contributed by atoms with van der Waals surface area (Å²) in [4.78, 5) is 2.47. The molecule has 0 aliphatic carbocycles. The zero-order valence-electron chi connectivity index (χ0n) is 11.0. The highest BCUT2D eigenvalue weighted by atomic mass is 16.5. The summed E-state index contributed by atoms with van der Waals surface area (Å²) in [6, 6.07) is 1.07. The van der Waals surface area contributed by atoms with E-state index in [1.165, 1.54) is 0 Å². The lowest BCUT2D eigenvalue weighted by Gasteiger charge is -2.30. The minimum absolute atomic E-state index is 0.504. The average Bonchev–Trinajstić information content (AvgIpc) is 2.70. The van der Waals surface area contributed by atoms with Crippen LogP contribution >= 0.6 is 0 Å². The highest BCUT2D eigenvalue weighted by molar-refractivity contribution is 4.83. The van der Waals surface area contributed by atoms with Crippen LogP contribution in [-0.2, 0) is 9.47 Å². The first kappa shape index (κ1) is 13.9. The molecular formula is C12H26N2O2. The molecule has 4 heteroatoms. The van der Waals surface area contributed by atoms with Gasteiger partial charge >= 0.3 is 0 Å². The minimum atomic E-state index is 0.504. The fourth-order valence-corrected chi connectivity index (χ4v) is 2.17. The van der Waals surface area contributed by atoms with Crippen LogP contribution in [0.25, 0.3) is 0 Å². The molecule has 0 aromatic carbocycles. The summed E-state index contributed by atoms with van der Waals surface area (Å²) in [5.41, 5.74) is 0. The molecule has 1 aliphatic heterocycles. The Morgan fingerprint density at radius 3 is 2.75 bits per heavy atom. The van der Waals surface area contributed by atoms with E-state index in [4.69, 9.17) is 9.47 Å². The summed E-state index contributed by atoms with van der Waals surface area (Å²) < 4.78 is 10.7. The molecule has 0 radical (unpaired) electrons. The summed E-state index contributed by atoms with van der Waals surface area (Å²) >= 11 is 0. The van der Waals surface area contributed by atoms with Gasteiger partial charge in [-0.3, -0.25) is 4.90 Å². The van der Waals surface area contributed by atoms with E-state index in [2.05, 4.69) is 24.1 Å². The van der Waals surface area contributed by atoms with Gasteiger partial charge < -0.3 is 14.8 Å². The van der Waals surface area contributed by atoms with E-state index in [1.54, 1.807) is 7.11 Å². The molecule has 2 atom stereocenters. The lowest BCUT2D eigenvalue weighted by Crippen LogP contribution is -2.43. The Bertz CT molecular complexity index is 188. The lowest BCUT2D eigenvalue weighted by atomic mass is 10.0. The quantitative estimate of drug-likeness (QED) is 0.693. The van der Waals surface area contributed by atoms with Gasteiger partial charge in [0.2, 0.25) is 0 Å². The van der Waals surface area contributed by atoms with Crippen molar-refractivity contribution >= 4 is 0 Å². The SMILES string of the molecule is CNC1COCC1CN(CCOC)C(C)C. The maximum atomic E-state index is 5.53. The summed E-state index contributed by atoms with van der Waals surface area (Å²) in [6.07, 6.45) is 0. The van der Waals surface area contributed by atoms with Gasteiger partial charge in [0.1, 0.15) is 0 Å². The standard InChI is InChI=1S/C12H26N2O2/c1-10(2)14(5-6-15-4)7-11-8-16-9-12(11)13-3/h10-13H,5-9H2,1-4H3. The maximum Gasteiger partial charge on any atom is 0.0623 e. The summed E-state index contributed by atoms with van der Waals surface area (Å²) in [5, 5.41) is 3.33. The van der Waals surface area contributed by atoms with E-state index >= 15 is 0 Å². The van der Waals surface area contributed by atoms with E-state index in [9.17, 15) is 0 Å². The smallest absolute Gasteiger partial charge is 0.0623 e. The molecular weight excluding hydrogens is 204 g/mol. The molecule has 4 nitrogen and oxygen atoms in total. The second kappa shape index (κ2) is 7.22. The molecule has 0 bridgehead atoms. The number of nitrogens with one attached hydrogen (secondary N) is 1. The highest BCUT2D eigenvalue weighted by Crippen LogP contribution is 2.16. The Morgan fingerprint density at radius 2 is 2.19 bits per heavy atom. The predicted molar refractivity (Wildman–Crippen MR) is 65.7 cm³/mol. The van der Waals surface area contributed by atoms with E-state index in [-0.39, 0.29) is 0 Å². The zero-order chi connectivity index (χ0) is 12.0. The summed E-state index contributed by atoms with van der Waals surface area (Å²) in [7, 11) is 3.77. The van der Waals surface area contributed by atoms with Gasteiger partial charge in [-0.2, -0.15) is 0 Å². The third kappa shape index (κ3) is 4.01. The van der Waals surface area contributed by atoms with Gasteiger partial charge in [-0.05, 0) is 20.9 Å². The van der Waals surface area contributed by atoms with Gasteiger partial charge in [0.25, 0.3) is 0 Å². The number of nitrogens with zero attached hydrogens (tertiary/aromatic N) is 1. The van der Waals surface area contributed by atoms with Crippen LogP contribution in [0.2, 0.25) is 0 Å². The number of ether oxygens (including phenoxy) is 2. The number of likely N-dealkylation sites (N-methyl/N-ethyl adjacent to an activating group) is 1. The van der Waals surface area contributed by atoms with Crippen LogP contribution in [0.3, 0.4) is 0 Å². The normalized spacial score (nSPS) is 25.9. The van der Waals surface area contributed by atoms with E-state index < -0.39 is 0 Å². The van der Waals surface area contributed by atoms with Crippen molar-refractivity contribution in [2.75, 3.05) is 47.1 Å². The first-order valence-corrected chi connectivity index (χ1v) is 6.17. The van der Waals surface area contributed by atoms with Crippen molar-refractivity contribution in [3.05, 3.63) is 0 Å². The molecule has 1 N–H and O–H groups in total. The second-order valence-corrected chi connectivity index (χ2v) is 4.77.